The molecule has 3 rings (SSSR count). The Hall–Kier alpha value is -1.78. The molecule has 0 aromatic carbocycles. The molecule has 0 amide bonds. The molecule has 2 aromatic heterocycles. The Kier molecular flexibility index (Phi) is 4.22. The second kappa shape index (κ2) is 5.94. The Balaban J connectivity index is 1.90. The first-order valence-electron chi connectivity index (χ1n) is 7.11. The summed E-state index contributed by atoms with van der Waals surface area (Å²) < 4.78 is 23.7. The number of nitrogens with one attached hydrogen (secondary N) is 1. The van der Waals surface area contributed by atoms with Crippen LogP contribution in [-0.4, -0.2) is 68.0 Å². The van der Waals surface area contributed by atoms with E-state index >= 15 is 0 Å². The van der Waals surface area contributed by atoms with Crippen LogP contribution in [0.3, 0.4) is 0 Å². The predicted octanol–water partition coefficient (Wildman–Crippen LogP) is -1.12. The third kappa shape index (κ3) is 3.08. The van der Waals surface area contributed by atoms with Crippen LogP contribution in [0, 0.1) is 0 Å². The molecule has 0 aliphatic carbocycles. The van der Waals surface area contributed by atoms with Crippen LogP contribution in [0.5, 0.6) is 0 Å². The fourth-order valence-corrected chi connectivity index (χ4v) is 2.98. The molecule has 1 fully saturated rings. The fourth-order valence-electron chi connectivity index (χ4n) is 2.48. The summed E-state index contributed by atoms with van der Waals surface area (Å²) >= 11 is 0. The molecule has 5 N–H and O–H groups in total. The third-order valence-electron chi connectivity index (χ3n) is 3.61. The number of aliphatic hydroxyl groups excluding tert-OH is 2. The Morgan fingerprint density at radius 2 is 2.17 bits per heavy atom. The van der Waals surface area contributed by atoms with Gasteiger partial charge in [0.1, 0.15) is 18.3 Å². The SMILES string of the molecule is CP(C)(=O)OC[C@@H]1O[C@@H](n2cnc3c(=O)[nH]c(N)nc32)[C@@H](O)[C@@H]1O. The maximum absolute atomic E-state index is 11.8. The summed E-state index contributed by atoms with van der Waals surface area (Å²) in [6, 6.07) is 0. The van der Waals surface area contributed by atoms with Gasteiger partial charge in [0, 0.05) is 13.3 Å². The lowest BCUT2D eigenvalue weighted by Crippen LogP contribution is -2.33. The highest BCUT2D eigenvalue weighted by Gasteiger charge is 2.44. The summed E-state index contributed by atoms with van der Waals surface area (Å²) in [6.45, 7) is 2.72. The normalized spacial score (nSPS) is 27.8. The highest BCUT2D eigenvalue weighted by atomic mass is 31.2. The van der Waals surface area contributed by atoms with E-state index < -0.39 is 37.5 Å². The number of anilines is 1. The first kappa shape index (κ1) is 17.1. The van der Waals surface area contributed by atoms with Crippen molar-refractivity contribution in [1.82, 2.24) is 19.5 Å². The zero-order valence-corrected chi connectivity index (χ0v) is 13.9. The van der Waals surface area contributed by atoms with E-state index in [-0.39, 0.29) is 23.7 Å². The zero-order chi connectivity index (χ0) is 17.6. The van der Waals surface area contributed by atoms with Crippen molar-refractivity contribution < 1.29 is 24.0 Å². The number of aromatic amines is 1. The molecule has 2 aromatic rings. The minimum Gasteiger partial charge on any atom is -0.387 e. The van der Waals surface area contributed by atoms with E-state index in [0.29, 0.717) is 0 Å². The number of aromatic nitrogens is 4. The summed E-state index contributed by atoms with van der Waals surface area (Å²) in [5.74, 6) is -0.111. The molecule has 12 heteroatoms. The molecule has 0 unspecified atom stereocenters. The number of hydrogen-bond donors (Lipinski definition) is 4. The van der Waals surface area contributed by atoms with E-state index in [9.17, 15) is 19.6 Å². The van der Waals surface area contributed by atoms with Gasteiger partial charge in [-0.3, -0.25) is 18.9 Å². The summed E-state index contributed by atoms with van der Waals surface area (Å²) in [5.41, 5.74) is 5.14. The van der Waals surface area contributed by atoms with Crippen molar-refractivity contribution >= 4 is 24.5 Å². The van der Waals surface area contributed by atoms with E-state index in [4.69, 9.17) is 15.0 Å². The van der Waals surface area contributed by atoms with E-state index in [1.807, 2.05) is 0 Å². The Morgan fingerprint density at radius 1 is 1.46 bits per heavy atom. The summed E-state index contributed by atoms with van der Waals surface area (Å²) in [7, 11) is -2.76. The van der Waals surface area contributed by atoms with Crippen LogP contribution in [0.25, 0.3) is 11.2 Å². The maximum atomic E-state index is 11.8. The number of nitrogens with two attached hydrogens (primary N) is 1. The lowest BCUT2D eigenvalue weighted by molar-refractivity contribution is -0.0469. The average Bonchev–Trinajstić information content (AvgIpc) is 3.00. The number of nitrogens with zero attached hydrogens (tertiary/aromatic N) is 3. The van der Waals surface area contributed by atoms with Gasteiger partial charge < -0.3 is 25.2 Å². The van der Waals surface area contributed by atoms with Crippen LogP contribution >= 0.6 is 7.37 Å². The van der Waals surface area contributed by atoms with Gasteiger partial charge in [0.15, 0.2) is 24.8 Å². The number of fused-ring (bicyclic) bond motifs is 1. The lowest BCUT2D eigenvalue weighted by Gasteiger charge is -2.17. The van der Waals surface area contributed by atoms with Gasteiger partial charge in [-0.25, -0.2) is 4.98 Å². The predicted molar refractivity (Wildman–Crippen MR) is 83.9 cm³/mol. The fraction of sp³-hybridized carbons (Fsp3) is 0.583. The number of rotatable bonds is 4. The van der Waals surface area contributed by atoms with Gasteiger partial charge in [-0.15, -0.1) is 0 Å². The average molecular weight is 359 g/mol. The van der Waals surface area contributed by atoms with E-state index in [1.165, 1.54) is 24.2 Å². The lowest BCUT2D eigenvalue weighted by atomic mass is 10.1. The minimum atomic E-state index is -2.76. The number of aliphatic hydroxyl groups is 2. The molecule has 24 heavy (non-hydrogen) atoms. The van der Waals surface area contributed by atoms with Gasteiger partial charge >= 0.3 is 0 Å². The van der Waals surface area contributed by atoms with Gasteiger partial charge in [0.25, 0.3) is 5.56 Å². The molecule has 4 atom stereocenters. The van der Waals surface area contributed by atoms with Gasteiger partial charge in [0.2, 0.25) is 5.95 Å². The number of hydrogen-bond acceptors (Lipinski definition) is 9. The van der Waals surface area contributed by atoms with Crippen molar-refractivity contribution in [1.29, 1.82) is 0 Å². The van der Waals surface area contributed by atoms with E-state index in [0.717, 1.165) is 0 Å². The summed E-state index contributed by atoms with van der Waals surface area (Å²) in [4.78, 5) is 22.0. The molecule has 3 heterocycles. The van der Waals surface area contributed by atoms with Gasteiger partial charge in [0.05, 0.1) is 12.9 Å². The molecule has 132 valence electrons. The molecule has 1 aliphatic heterocycles. The quantitative estimate of drug-likeness (QED) is 0.494. The topological polar surface area (TPSA) is 166 Å². The highest BCUT2D eigenvalue weighted by Crippen LogP contribution is 2.39. The molecular formula is C12H18N5O6P. The van der Waals surface area contributed by atoms with Crippen LogP contribution in [0.15, 0.2) is 11.1 Å². The maximum Gasteiger partial charge on any atom is 0.280 e. The smallest absolute Gasteiger partial charge is 0.280 e. The van der Waals surface area contributed by atoms with Gasteiger partial charge in [-0.05, 0) is 0 Å². The van der Waals surface area contributed by atoms with E-state index in [1.54, 1.807) is 0 Å². The van der Waals surface area contributed by atoms with Crippen molar-refractivity contribution in [3.05, 3.63) is 16.7 Å². The van der Waals surface area contributed by atoms with Gasteiger partial charge in [-0.1, -0.05) is 0 Å². The zero-order valence-electron chi connectivity index (χ0n) is 13.0. The first-order chi connectivity index (χ1) is 11.2. The second-order valence-corrected chi connectivity index (χ2v) is 8.63. The number of imidazole rings is 1. The summed E-state index contributed by atoms with van der Waals surface area (Å²) in [5, 5.41) is 20.3. The minimum absolute atomic E-state index is 0.0285. The van der Waals surface area contributed by atoms with Crippen molar-refractivity contribution in [2.75, 3.05) is 25.7 Å². The number of ether oxygens (including phenoxy) is 1. The van der Waals surface area contributed by atoms with Crippen LogP contribution in [0.1, 0.15) is 6.23 Å². The van der Waals surface area contributed by atoms with Gasteiger partial charge in [-0.2, -0.15) is 4.98 Å². The second-order valence-electron chi connectivity index (χ2n) is 5.87. The first-order valence-corrected chi connectivity index (χ1v) is 9.63. The molecule has 0 bridgehead atoms. The van der Waals surface area contributed by atoms with Crippen molar-refractivity contribution in [2.45, 2.75) is 24.5 Å². The number of H-pyrrole nitrogens is 1. The highest BCUT2D eigenvalue weighted by molar-refractivity contribution is 7.57. The number of nitrogen functional groups attached to an aromatic ring is 1. The van der Waals surface area contributed by atoms with Crippen LogP contribution < -0.4 is 11.3 Å². The molecule has 0 saturated carbocycles. The van der Waals surface area contributed by atoms with Crippen LogP contribution in [0.2, 0.25) is 0 Å². The molecule has 11 nitrogen and oxygen atoms in total. The van der Waals surface area contributed by atoms with E-state index in [2.05, 4.69) is 15.0 Å². The Labute approximate surface area is 135 Å². The Morgan fingerprint density at radius 3 is 2.83 bits per heavy atom. The van der Waals surface area contributed by atoms with Crippen molar-refractivity contribution in [3.8, 4) is 0 Å². The Bertz CT molecular complexity index is 859. The largest absolute Gasteiger partial charge is 0.387 e. The molecule has 0 radical (unpaired) electrons. The third-order valence-corrected chi connectivity index (χ3v) is 4.38. The molecular weight excluding hydrogens is 341 g/mol. The van der Waals surface area contributed by atoms with Crippen LogP contribution in [-0.2, 0) is 13.8 Å². The standard InChI is InChI=1S/C12H18N5O6P/c1-24(2,21)22-3-5-7(18)8(19)11(23-5)17-4-14-6-9(17)15-12(13)16-10(6)20/h4-5,7-8,11,18-19H,3H2,1-2H3,(H3,13,15,16,20)/t5-,7+,8-,11+/m0/s1. The van der Waals surface area contributed by atoms with Crippen LogP contribution in [0.4, 0.5) is 5.95 Å². The molecule has 1 aliphatic rings. The van der Waals surface area contributed by atoms with Crippen molar-refractivity contribution in [3.63, 3.8) is 0 Å². The molecule has 1 saturated heterocycles. The molecule has 0 spiro atoms. The van der Waals surface area contributed by atoms with Crippen molar-refractivity contribution in [2.24, 2.45) is 0 Å². The monoisotopic (exact) mass is 359 g/mol. The summed E-state index contributed by atoms with van der Waals surface area (Å²) in [6.07, 6.45) is -3.25.